The number of benzene rings is 1. The van der Waals surface area contributed by atoms with Gasteiger partial charge in [0.1, 0.15) is 0 Å². The molecule has 1 atom stereocenters. The highest BCUT2D eigenvalue weighted by atomic mass is 32.2. The molecule has 0 amide bonds. The van der Waals surface area contributed by atoms with Crippen LogP contribution in [0.25, 0.3) is 0 Å². The highest BCUT2D eigenvalue weighted by Crippen LogP contribution is 2.31. The van der Waals surface area contributed by atoms with Crippen molar-refractivity contribution >= 4 is 10.0 Å². The Bertz CT molecular complexity index is 600. The van der Waals surface area contributed by atoms with Crippen LogP contribution in [0.3, 0.4) is 0 Å². The number of nitrogens with zero attached hydrogens (tertiary/aromatic N) is 1. The predicted octanol–water partition coefficient (Wildman–Crippen LogP) is 1.75. The molecule has 0 N–H and O–H groups in total. The fourth-order valence-electron chi connectivity index (χ4n) is 2.74. The van der Waals surface area contributed by atoms with Crippen molar-refractivity contribution in [1.29, 1.82) is 0 Å². The fraction of sp³-hybridized carbons (Fsp3) is 0.600. The van der Waals surface area contributed by atoms with Crippen LogP contribution in [0.4, 0.5) is 0 Å². The van der Waals surface area contributed by atoms with E-state index in [4.69, 9.17) is 14.2 Å². The van der Waals surface area contributed by atoms with Gasteiger partial charge in [0.05, 0.1) is 25.7 Å². The average Bonchev–Trinajstić information content (AvgIpc) is 2.54. The van der Waals surface area contributed by atoms with Crippen molar-refractivity contribution in [2.24, 2.45) is 5.92 Å². The molecule has 0 bridgehead atoms. The van der Waals surface area contributed by atoms with E-state index >= 15 is 0 Å². The van der Waals surface area contributed by atoms with Crippen LogP contribution < -0.4 is 9.47 Å². The number of methoxy groups -OCH3 is 3. The molecule has 1 heterocycles. The molecule has 0 spiro atoms. The lowest BCUT2D eigenvalue weighted by atomic mass is 10.0. The van der Waals surface area contributed by atoms with Crippen LogP contribution in [0.1, 0.15) is 12.8 Å². The van der Waals surface area contributed by atoms with Gasteiger partial charge in [-0.05, 0) is 30.9 Å². The predicted molar refractivity (Wildman–Crippen MR) is 82.9 cm³/mol. The van der Waals surface area contributed by atoms with Crippen LogP contribution in [-0.2, 0) is 14.8 Å². The first-order chi connectivity index (χ1) is 10.5. The smallest absolute Gasteiger partial charge is 0.243 e. The Morgan fingerprint density at radius 3 is 2.55 bits per heavy atom. The third-order valence-corrected chi connectivity index (χ3v) is 5.74. The molecular weight excluding hydrogens is 306 g/mol. The minimum Gasteiger partial charge on any atom is -0.493 e. The third kappa shape index (κ3) is 3.53. The van der Waals surface area contributed by atoms with Crippen molar-refractivity contribution in [3.8, 4) is 11.5 Å². The summed E-state index contributed by atoms with van der Waals surface area (Å²) in [6, 6.07) is 4.67. The average molecular weight is 329 g/mol. The Morgan fingerprint density at radius 2 is 1.91 bits per heavy atom. The Labute approximate surface area is 132 Å². The Morgan fingerprint density at radius 1 is 1.18 bits per heavy atom. The minimum atomic E-state index is -3.53. The van der Waals surface area contributed by atoms with Gasteiger partial charge in [-0.2, -0.15) is 4.31 Å². The van der Waals surface area contributed by atoms with Crippen molar-refractivity contribution in [3.05, 3.63) is 18.2 Å². The second-order valence-corrected chi connectivity index (χ2v) is 7.28. The molecule has 1 unspecified atom stereocenters. The molecule has 1 fully saturated rings. The Balaban J connectivity index is 2.26. The zero-order chi connectivity index (χ0) is 16.2. The summed E-state index contributed by atoms with van der Waals surface area (Å²) < 4.78 is 42.6. The maximum atomic E-state index is 12.8. The third-order valence-electron chi connectivity index (χ3n) is 3.88. The molecule has 22 heavy (non-hydrogen) atoms. The Hall–Kier alpha value is -1.31. The molecule has 1 aliphatic rings. The molecule has 0 aliphatic carbocycles. The van der Waals surface area contributed by atoms with Crippen molar-refractivity contribution in [2.45, 2.75) is 17.7 Å². The van der Waals surface area contributed by atoms with E-state index in [1.807, 2.05) is 0 Å². The zero-order valence-electron chi connectivity index (χ0n) is 13.2. The summed E-state index contributed by atoms with van der Waals surface area (Å²) in [6.07, 6.45) is 1.84. The van der Waals surface area contributed by atoms with E-state index in [9.17, 15) is 8.42 Å². The van der Waals surface area contributed by atoms with Crippen molar-refractivity contribution in [1.82, 2.24) is 4.31 Å². The van der Waals surface area contributed by atoms with E-state index in [1.165, 1.54) is 24.6 Å². The van der Waals surface area contributed by atoms with Crippen LogP contribution in [-0.4, -0.2) is 53.7 Å². The van der Waals surface area contributed by atoms with E-state index in [0.717, 1.165) is 12.8 Å². The molecule has 2 rings (SSSR count). The molecule has 1 aromatic rings. The SMILES string of the molecule is COCC1CCCN(S(=O)(=O)c2ccc(OC)c(OC)c2)C1. The van der Waals surface area contributed by atoms with Gasteiger partial charge < -0.3 is 14.2 Å². The molecule has 0 radical (unpaired) electrons. The molecule has 0 aromatic heterocycles. The highest BCUT2D eigenvalue weighted by molar-refractivity contribution is 7.89. The van der Waals surface area contributed by atoms with Gasteiger partial charge >= 0.3 is 0 Å². The van der Waals surface area contributed by atoms with Crippen molar-refractivity contribution in [3.63, 3.8) is 0 Å². The summed E-state index contributed by atoms with van der Waals surface area (Å²) in [5.41, 5.74) is 0. The van der Waals surface area contributed by atoms with E-state index in [1.54, 1.807) is 19.2 Å². The maximum absolute atomic E-state index is 12.8. The molecule has 7 heteroatoms. The van der Waals surface area contributed by atoms with Crippen molar-refractivity contribution < 1.29 is 22.6 Å². The quantitative estimate of drug-likeness (QED) is 0.795. The zero-order valence-corrected chi connectivity index (χ0v) is 14.1. The molecular formula is C15H23NO5S. The van der Waals surface area contributed by atoms with Crippen molar-refractivity contribution in [2.75, 3.05) is 41.0 Å². The number of sulfonamides is 1. The summed E-state index contributed by atoms with van der Waals surface area (Å²) in [5, 5.41) is 0. The first-order valence-corrected chi connectivity index (χ1v) is 8.68. The monoisotopic (exact) mass is 329 g/mol. The first kappa shape index (κ1) is 17.1. The second-order valence-electron chi connectivity index (χ2n) is 5.34. The van der Waals surface area contributed by atoms with E-state index in [-0.39, 0.29) is 10.8 Å². The number of hydrogen-bond acceptors (Lipinski definition) is 5. The Kier molecular flexibility index (Phi) is 5.66. The molecule has 1 aromatic carbocycles. The number of ether oxygens (including phenoxy) is 3. The van der Waals surface area contributed by atoms with E-state index in [0.29, 0.717) is 31.2 Å². The first-order valence-electron chi connectivity index (χ1n) is 7.24. The van der Waals surface area contributed by atoms with Crippen LogP contribution in [0, 0.1) is 5.92 Å². The molecule has 6 nitrogen and oxygen atoms in total. The summed E-state index contributed by atoms with van der Waals surface area (Å²) in [7, 11) is 1.12. The summed E-state index contributed by atoms with van der Waals surface area (Å²) in [4.78, 5) is 0.225. The largest absolute Gasteiger partial charge is 0.493 e. The lowest BCUT2D eigenvalue weighted by Crippen LogP contribution is -2.41. The summed E-state index contributed by atoms with van der Waals surface area (Å²) in [5.74, 6) is 1.17. The summed E-state index contributed by atoms with van der Waals surface area (Å²) >= 11 is 0. The molecule has 124 valence electrons. The minimum absolute atomic E-state index is 0.225. The van der Waals surface area contributed by atoms with E-state index in [2.05, 4.69) is 0 Å². The van der Waals surface area contributed by atoms with Crippen LogP contribution in [0.5, 0.6) is 11.5 Å². The standard InChI is InChI=1S/C15H23NO5S/c1-19-11-12-5-4-8-16(10-12)22(17,18)13-6-7-14(20-2)15(9-13)21-3/h6-7,9,12H,4-5,8,10-11H2,1-3H3. The lowest BCUT2D eigenvalue weighted by Gasteiger charge is -2.31. The topological polar surface area (TPSA) is 65.1 Å². The van der Waals surface area contributed by atoms with Gasteiger partial charge in [0.2, 0.25) is 10.0 Å². The highest BCUT2D eigenvalue weighted by Gasteiger charge is 2.30. The number of hydrogen-bond donors (Lipinski definition) is 0. The fourth-order valence-corrected chi connectivity index (χ4v) is 4.31. The van der Waals surface area contributed by atoms with Gasteiger partial charge in [-0.25, -0.2) is 8.42 Å². The van der Waals surface area contributed by atoms with Crippen LogP contribution in [0.15, 0.2) is 23.1 Å². The maximum Gasteiger partial charge on any atom is 0.243 e. The number of piperidine rings is 1. The summed E-state index contributed by atoms with van der Waals surface area (Å²) in [6.45, 7) is 1.61. The van der Waals surface area contributed by atoms with Gasteiger partial charge in [-0.15, -0.1) is 0 Å². The van der Waals surface area contributed by atoms with Gasteiger partial charge in [0.15, 0.2) is 11.5 Å². The van der Waals surface area contributed by atoms with Crippen LogP contribution >= 0.6 is 0 Å². The molecule has 1 saturated heterocycles. The number of rotatable bonds is 6. The van der Waals surface area contributed by atoms with Gasteiger partial charge in [0.25, 0.3) is 0 Å². The molecule has 0 saturated carbocycles. The van der Waals surface area contributed by atoms with Gasteiger partial charge in [-0.1, -0.05) is 0 Å². The van der Waals surface area contributed by atoms with Gasteiger partial charge in [-0.3, -0.25) is 0 Å². The normalized spacial score (nSPS) is 19.9. The van der Waals surface area contributed by atoms with E-state index < -0.39 is 10.0 Å². The van der Waals surface area contributed by atoms with Gasteiger partial charge in [0, 0.05) is 26.3 Å². The lowest BCUT2D eigenvalue weighted by molar-refractivity contribution is 0.118. The second kappa shape index (κ2) is 7.30. The molecule has 1 aliphatic heterocycles. The van der Waals surface area contributed by atoms with Crippen LogP contribution in [0.2, 0.25) is 0 Å².